The molecule has 17 unspecified atom stereocenters. The van der Waals surface area contributed by atoms with Crippen LogP contribution in [0, 0.1) is 0 Å². The molecule has 0 saturated carbocycles. The zero-order valence-corrected chi connectivity index (χ0v) is 55.5. The fourth-order valence-electron chi connectivity index (χ4n) is 11.4. The molecule has 0 bridgehead atoms. The van der Waals surface area contributed by atoms with Gasteiger partial charge in [0.05, 0.1) is 38.6 Å². The highest BCUT2D eigenvalue weighted by molar-refractivity contribution is 5.76. The van der Waals surface area contributed by atoms with Gasteiger partial charge >= 0.3 is 0 Å². The Morgan fingerprint density at radius 1 is 0.407 bits per heavy atom. The highest BCUT2D eigenvalue weighted by atomic mass is 16.8. The SMILES string of the molecule is CC/C=C\C/C=C\C/C=C\C/C=C\CCCCCCCCCCCCC(=O)NC(COC1OC(CO)C(OC2OC(CO)C(OC3OC(CO)C(O)C(O)C3O)C(O)C2O)C(O)C1O)C(O)/C=C/CC/C=C/CC/C=C/CCCCCCCCCCCCCCC. The summed E-state index contributed by atoms with van der Waals surface area (Å²) < 4.78 is 34.3. The van der Waals surface area contributed by atoms with Crippen molar-refractivity contribution in [2.75, 3.05) is 26.4 Å². The van der Waals surface area contributed by atoms with Crippen LogP contribution >= 0.6 is 0 Å². The van der Waals surface area contributed by atoms with E-state index in [2.05, 4.69) is 92.1 Å². The molecule has 91 heavy (non-hydrogen) atoms. The Hall–Kier alpha value is -3.03. The molecule has 3 aliphatic rings. The maximum Gasteiger partial charge on any atom is 0.220 e. The second-order valence-corrected chi connectivity index (χ2v) is 24.9. The Morgan fingerprint density at radius 3 is 1.23 bits per heavy atom. The number of aliphatic hydroxyl groups is 11. The first-order valence-electron chi connectivity index (χ1n) is 35.3. The number of unbranched alkanes of at least 4 members (excludes halogenated alkanes) is 25. The van der Waals surface area contributed by atoms with Gasteiger partial charge in [0.25, 0.3) is 0 Å². The number of nitrogens with one attached hydrogen (secondary N) is 1. The molecule has 1 amide bonds. The Bertz CT molecular complexity index is 1980. The number of amides is 1. The summed E-state index contributed by atoms with van der Waals surface area (Å²) in [6.07, 6.45) is 41.2. The molecule has 3 heterocycles. The molecule has 0 aromatic carbocycles. The average molecular weight is 1290 g/mol. The van der Waals surface area contributed by atoms with Crippen molar-refractivity contribution in [1.29, 1.82) is 0 Å². The minimum absolute atomic E-state index is 0.222. The second kappa shape index (κ2) is 53.2. The largest absolute Gasteiger partial charge is 0.394 e. The first-order valence-corrected chi connectivity index (χ1v) is 35.3. The molecule has 0 aromatic heterocycles. The molecule has 3 saturated heterocycles. The van der Waals surface area contributed by atoms with Gasteiger partial charge in [0.15, 0.2) is 18.9 Å². The lowest BCUT2D eigenvalue weighted by atomic mass is 9.96. The van der Waals surface area contributed by atoms with Crippen LogP contribution in [0.1, 0.15) is 232 Å². The van der Waals surface area contributed by atoms with Gasteiger partial charge in [-0.15, -0.1) is 0 Å². The lowest BCUT2D eigenvalue weighted by molar-refractivity contribution is -0.379. The smallest absolute Gasteiger partial charge is 0.220 e. The first kappa shape index (κ1) is 82.2. The fraction of sp³-hybridized carbons (Fsp3) is 0.792. The zero-order chi connectivity index (χ0) is 66.1. The van der Waals surface area contributed by atoms with Gasteiger partial charge in [0.2, 0.25) is 5.91 Å². The topological polar surface area (TPSA) is 307 Å². The van der Waals surface area contributed by atoms with Gasteiger partial charge in [-0.2, -0.15) is 0 Å². The van der Waals surface area contributed by atoms with Crippen LogP contribution in [0.3, 0.4) is 0 Å². The molecule has 19 heteroatoms. The van der Waals surface area contributed by atoms with Crippen molar-refractivity contribution in [3.63, 3.8) is 0 Å². The number of hydrogen-bond donors (Lipinski definition) is 12. The molecule has 0 aliphatic carbocycles. The van der Waals surface area contributed by atoms with Crippen LogP contribution in [-0.2, 0) is 33.2 Å². The van der Waals surface area contributed by atoms with Crippen molar-refractivity contribution in [2.45, 2.75) is 336 Å². The molecule has 12 N–H and O–H groups in total. The molecule has 0 spiro atoms. The van der Waals surface area contributed by atoms with E-state index in [0.29, 0.717) is 12.8 Å². The van der Waals surface area contributed by atoms with Crippen LogP contribution in [0.25, 0.3) is 0 Å². The van der Waals surface area contributed by atoms with Crippen molar-refractivity contribution >= 4 is 5.91 Å². The van der Waals surface area contributed by atoms with E-state index in [-0.39, 0.29) is 18.9 Å². The fourth-order valence-corrected chi connectivity index (χ4v) is 11.4. The molecule has 17 atom stereocenters. The van der Waals surface area contributed by atoms with Crippen molar-refractivity contribution in [3.05, 3.63) is 85.1 Å². The third-order valence-electron chi connectivity index (χ3n) is 17.2. The summed E-state index contributed by atoms with van der Waals surface area (Å²) in [5.41, 5.74) is 0. The molecular weight excluding hydrogens is 1170 g/mol. The molecule has 3 aliphatic heterocycles. The van der Waals surface area contributed by atoms with Crippen LogP contribution in [0.4, 0.5) is 0 Å². The van der Waals surface area contributed by atoms with E-state index in [1.165, 1.54) is 116 Å². The lowest BCUT2D eigenvalue weighted by Crippen LogP contribution is -2.66. The first-order chi connectivity index (χ1) is 44.3. The third kappa shape index (κ3) is 35.0. The number of aliphatic hydroxyl groups excluding tert-OH is 11. The van der Waals surface area contributed by atoms with Gasteiger partial charge in [0.1, 0.15) is 73.2 Å². The minimum atomic E-state index is -1.99. The van der Waals surface area contributed by atoms with Crippen LogP contribution in [0.2, 0.25) is 0 Å². The summed E-state index contributed by atoms with van der Waals surface area (Å²) in [5, 5.41) is 121. The maximum absolute atomic E-state index is 13.4. The lowest BCUT2D eigenvalue weighted by Gasteiger charge is -2.48. The van der Waals surface area contributed by atoms with Gasteiger partial charge in [-0.3, -0.25) is 4.79 Å². The van der Waals surface area contributed by atoms with Crippen molar-refractivity contribution in [2.24, 2.45) is 0 Å². The Morgan fingerprint density at radius 2 is 0.769 bits per heavy atom. The molecule has 526 valence electrons. The monoisotopic (exact) mass is 1290 g/mol. The van der Waals surface area contributed by atoms with Gasteiger partial charge in [-0.1, -0.05) is 227 Å². The van der Waals surface area contributed by atoms with Crippen LogP contribution < -0.4 is 5.32 Å². The van der Waals surface area contributed by atoms with E-state index in [9.17, 15) is 61.0 Å². The average Bonchev–Trinajstić information content (AvgIpc) is 0.883. The van der Waals surface area contributed by atoms with Crippen LogP contribution in [0.15, 0.2) is 85.1 Å². The summed E-state index contributed by atoms with van der Waals surface area (Å²) in [7, 11) is 0. The number of allylic oxidation sites excluding steroid dienone is 13. The molecule has 19 nitrogen and oxygen atoms in total. The summed E-state index contributed by atoms with van der Waals surface area (Å²) in [6.45, 7) is 1.59. The van der Waals surface area contributed by atoms with E-state index in [1.807, 2.05) is 6.08 Å². The molecular formula is C72H125NO18. The van der Waals surface area contributed by atoms with E-state index in [0.717, 1.165) is 83.5 Å². The molecule has 0 aromatic rings. The third-order valence-corrected chi connectivity index (χ3v) is 17.2. The minimum Gasteiger partial charge on any atom is -0.394 e. The molecule has 3 rings (SSSR count). The highest BCUT2D eigenvalue weighted by Gasteiger charge is 2.53. The summed E-state index contributed by atoms with van der Waals surface area (Å²) in [6, 6.07) is -1.00. The van der Waals surface area contributed by atoms with Crippen molar-refractivity contribution in [3.8, 4) is 0 Å². The van der Waals surface area contributed by atoms with E-state index < -0.39 is 124 Å². The van der Waals surface area contributed by atoms with Gasteiger partial charge < -0.3 is 89.9 Å². The maximum atomic E-state index is 13.4. The predicted molar refractivity (Wildman–Crippen MR) is 355 cm³/mol. The Labute approximate surface area is 546 Å². The normalized spacial score (nSPS) is 28.4. The van der Waals surface area contributed by atoms with Gasteiger partial charge in [0, 0.05) is 6.42 Å². The predicted octanol–water partition coefficient (Wildman–Crippen LogP) is 9.49. The van der Waals surface area contributed by atoms with Gasteiger partial charge in [-0.25, -0.2) is 0 Å². The Kier molecular flexibility index (Phi) is 48.0. The highest BCUT2D eigenvalue weighted by Crippen LogP contribution is 2.33. The summed E-state index contributed by atoms with van der Waals surface area (Å²) in [4.78, 5) is 13.4. The van der Waals surface area contributed by atoms with Crippen LogP contribution in [-0.4, -0.2) is 193 Å². The molecule has 0 radical (unpaired) electrons. The number of carbonyl (C=O) groups excluding carboxylic acids is 1. The number of ether oxygens (including phenoxy) is 6. The Balaban J connectivity index is 1.46. The van der Waals surface area contributed by atoms with Crippen molar-refractivity contribution in [1.82, 2.24) is 5.32 Å². The van der Waals surface area contributed by atoms with E-state index in [4.69, 9.17) is 28.4 Å². The number of rotatable bonds is 53. The standard InChI is InChI=1S/C72H125NO18/c1-3-5-7-9-11-13-15-17-19-21-23-25-27-29-31-33-35-37-39-41-43-45-47-49-56(77)55(73-60(78)50-48-46-44-42-40-38-36-34-32-30-28-26-24-22-20-18-16-14-12-10-8-6-4-2)54-86-70-66(84)63(81)68(58(52-75)88-70)91-72-67(85)64(82)69(59(53-76)89-72)90-71-65(83)62(80)61(79)57(51-74)87-71/h6,8,12,14,18,20,24,26,31,33,39,41,47,49,55-59,61-72,74-77,79-85H,3-5,7,9-11,13,15-17,19,21-23,25,27-30,32,34-38,40,42-46,48,50-54H2,1-2H3,(H,73,78)/b8-6-,14-12-,20-18-,26-24-,33-31+,41-39+,49-47+. The zero-order valence-electron chi connectivity index (χ0n) is 55.5. The number of hydrogen-bond acceptors (Lipinski definition) is 18. The van der Waals surface area contributed by atoms with E-state index >= 15 is 0 Å². The second-order valence-electron chi connectivity index (χ2n) is 24.9. The quantitative estimate of drug-likeness (QED) is 0.0199. The number of carbonyl (C=O) groups is 1. The summed E-state index contributed by atoms with van der Waals surface area (Å²) in [5.74, 6) is -0.297. The van der Waals surface area contributed by atoms with Crippen molar-refractivity contribution < 1.29 is 89.4 Å². The summed E-state index contributed by atoms with van der Waals surface area (Å²) >= 11 is 0. The van der Waals surface area contributed by atoms with E-state index in [1.54, 1.807) is 6.08 Å². The van der Waals surface area contributed by atoms with Crippen LogP contribution in [0.5, 0.6) is 0 Å². The van der Waals surface area contributed by atoms with Gasteiger partial charge in [-0.05, 0) is 83.5 Å². The molecule has 3 fully saturated rings.